The van der Waals surface area contributed by atoms with Gasteiger partial charge in [0.05, 0.1) is 11.3 Å². The van der Waals surface area contributed by atoms with E-state index in [0.717, 1.165) is 0 Å². The first-order chi connectivity index (χ1) is 9.37. The number of rotatable bonds is 4. The number of aliphatic hydroxyl groups is 1. The minimum atomic E-state index is -3.57. The van der Waals surface area contributed by atoms with E-state index in [4.69, 9.17) is 0 Å². The molecule has 2 rings (SSSR count). The summed E-state index contributed by atoms with van der Waals surface area (Å²) in [6, 6.07) is 1.66. The number of aromatic nitrogens is 1. The monoisotopic (exact) mass is 299 g/mol. The number of nitrogens with one attached hydrogen (secondary N) is 1. The van der Waals surface area contributed by atoms with Crippen molar-refractivity contribution >= 4 is 15.7 Å². The number of hydrogen-bond acceptors (Lipinski definition) is 5. The maximum Gasteiger partial charge on any atom is 0.246 e. The largest absolute Gasteiger partial charge is 0.390 e. The average Bonchev–Trinajstić information content (AvgIpc) is 2.39. The first-order valence-electron chi connectivity index (χ1n) is 6.77. The van der Waals surface area contributed by atoms with Crippen LogP contribution >= 0.6 is 0 Å². The van der Waals surface area contributed by atoms with Gasteiger partial charge in [0.15, 0.2) is 0 Å². The minimum Gasteiger partial charge on any atom is -0.390 e. The Kier molecular flexibility index (Phi) is 4.31. The summed E-state index contributed by atoms with van der Waals surface area (Å²) < 4.78 is 26.7. The summed E-state index contributed by atoms with van der Waals surface area (Å²) >= 11 is 0. The molecule has 6 nitrogen and oxygen atoms in total. The van der Waals surface area contributed by atoms with Crippen molar-refractivity contribution in [3.8, 4) is 0 Å². The van der Waals surface area contributed by atoms with Crippen molar-refractivity contribution in [2.75, 3.05) is 25.0 Å². The first kappa shape index (κ1) is 15.2. The summed E-state index contributed by atoms with van der Waals surface area (Å²) in [4.78, 5) is 4.12. The van der Waals surface area contributed by atoms with Crippen LogP contribution in [0.2, 0.25) is 0 Å². The molecule has 20 heavy (non-hydrogen) atoms. The molecule has 2 heterocycles. The van der Waals surface area contributed by atoms with Crippen LogP contribution in [-0.4, -0.2) is 48.0 Å². The fourth-order valence-electron chi connectivity index (χ4n) is 2.27. The maximum absolute atomic E-state index is 12.7. The van der Waals surface area contributed by atoms with Crippen molar-refractivity contribution < 1.29 is 13.5 Å². The van der Waals surface area contributed by atoms with E-state index in [0.29, 0.717) is 38.2 Å². The van der Waals surface area contributed by atoms with Crippen LogP contribution in [0.1, 0.15) is 26.7 Å². The zero-order valence-corrected chi connectivity index (χ0v) is 12.7. The Hall–Kier alpha value is -1.18. The third kappa shape index (κ3) is 3.11. The van der Waals surface area contributed by atoms with Crippen molar-refractivity contribution in [1.82, 2.24) is 9.29 Å². The summed E-state index contributed by atoms with van der Waals surface area (Å²) in [5.74, 6) is 0. The molecule has 1 aliphatic heterocycles. The van der Waals surface area contributed by atoms with Gasteiger partial charge < -0.3 is 10.4 Å². The molecule has 1 saturated heterocycles. The molecule has 0 unspecified atom stereocenters. The molecular formula is C13H21N3O3S. The van der Waals surface area contributed by atoms with E-state index < -0.39 is 15.6 Å². The van der Waals surface area contributed by atoms with Gasteiger partial charge in [-0.25, -0.2) is 8.42 Å². The summed E-state index contributed by atoms with van der Waals surface area (Å²) in [6.45, 7) is 4.95. The van der Waals surface area contributed by atoms with Crippen molar-refractivity contribution in [3.05, 3.63) is 18.5 Å². The lowest BCUT2D eigenvalue weighted by Gasteiger charge is -2.35. The zero-order valence-electron chi connectivity index (χ0n) is 11.8. The first-order valence-corrected chi connectivity index (χ1v) is 8.21. The molecule has 0 saturated carbocycles. The molecule has 0 aromatic carbocycles. The van der Waals surface area contributed by atoms with Crippen LogP contribution < -0.4 is 5.32 Å². The van der Waals surface area contributed by atoms with E-state index in [-0.39, 0.29) is 4.90 Å². The van der Waals surface area contributed by atoms with Gasteiger partial charge >= 0.3 is 0 Å². The third-order valence-corrected chi connectivity index (χ3v) is 5.50. The second-order valence-electron chi connectivity index (χ2n) is 5.30. The smallest absolute Gasteiger partial charge is 0.246 e. The molecule has 0 spiro atoms. The van der Waals surface area contributed by atoms with Crippen molar-refractivity contribution in [2.45, 2.75) is 37.2 Å². The predicted octanol–water partition coefficient (Wildman–Crippen LogP) is 1.05. The maximum atomic E-state index is 12.7. The van der Waals surface area contributed by atoms with Gasteiger partial charge in [-0.1, -0.05) is 0 Å². The van der Waals surface area contributed by atoms with Crippen molar-refractivity contribution in [1.29, 1.82) is 0 Å². The van der Waals surface area contributed by atoms with Gasteiger partial charge in [-0.2, -0.15) is 4.31 Å². The SMILES string of the molecule is CCNc1ccncc1S(=O)(=O)N1CCC(C)(O)CC1. The summed E-state index contributed by atoms with van der Waals surface area (Å²) in [5, 5.41) is 13.0. The normalized spacial score (nSPS) is 19.8. The highest BCUT2D eigenvalue weighted by molar-refractivity contribution is 7.89. The standard InChI is InChI=1S/C13H21N3O3S/c1-3-15-11-4-7-14-10-12(11)20(18,19)16-8-5-13(2,17)6-9-16/h4,7,10,17H,3,5-6,8-9H2,1-2H3,(H,14,15). The average molecular weight is 299 g/mol. The topological polar surface area (TPSA) is 82.5 Å². The number of piperidine rings is 1. The fraction of sp³-hybridized carbons (Fsp3) is 0.615. The van der Waals surface area contributed by atoms with E-state index in [2.05, 4.69) is 10.3 Å². The molecule has 7 heteroatoms. The molecule has 0 atom stereocenters. The third-order valence-electron chi connectivity index (χ3n) is 3.57. The van der Waals surface area contributed by atoms with Gasteiger partial charge in [-0.3, -0.25) is 4.98 Å². The number of pyridine rings is 1. The number of sulfonamides is 1. The summed E-state index contributed by atoms with van der Waals surface area (Å²) in [5.41, 5.74) is -0.203. The van der Waals surface area contributed by atoms with Gasteiger partial charge in [0, 0.05) is 32.0 Å². The van der Waals surface area contributed by atoms with Gasteiger partial charge in [0.2, 0.25) is 10.0 Å². The van der Waals surface area contributed by atoms with Crippen LogP contribution in [0.15, 0.2) is 23.4 Å². The number of nitrogens with zero attached hydrogens (tertiary/aromatic N) is 2. The highest BCUT2D eigenvalue weighted by Gasteiger charge is 2.35. The summed E-state index contributed by atoms with van der Waals surface area (Å²) in [7, 11) is -3.57. The van der Waals surface area contributed by atoms with E-state index in [1.54, 1.807) is 19.2 Å². The Bertz CT molecular complexity index is 562. The predicted molar refractivity (Wildman–Crippen MR) is 77.0 cm³/mol. The van der Waals surface area contributed by atoms with Crippen molar-refractivity contribution in [3.63, 3.8) is 0 Å². The highest BCUT2D eigenvalue weighted by atomic mass is 32.2. The molecule has 112 valence electrons. The van der Waals surface area contributed by atoms with Crippen LogP contribution in [-0.2, 0) is 10.0 Å². The lowest BCUT2D eigenvalue weighted by atomic mass is 9.95. The van der Waals surface area contributed by atoms with Crippen molar-refractivity contribution in [2.24, 2.45) is 0 Å². The Labute approximate surface area is 119 Å². The molecule has 0 radical (unpaired) electrons. The van der Waals surface area contributed by atoms with Gasteiger partial charge in [-0.05, 0) is 32.8 Å². The highest BCUT2D eigenvalue weighted by Crippen LogP contribution is 2.28. The second kappa shape index (κ2) is 5.67. The molecule has 1 fully saturated rings. The number of hydrogen-bond donors (Lipinski definition) is 2. The Balaban J connectivity index is 2.27. The van der Waals surface area contributed by atoms with E-state index >= 15 is 0 Å². The van der Waals surface area contributed by atoms with Gasteiger partial charge in [0.1, 0.15) is 4.90 Å². The molecular weight excluding hydrogens is 278 g/mol. The van der Waals surface area contributed by atoms with E-state index in [1.165, 1.54) is 10.5 Å². The minimum absolute atomic E-state index is 0.198. The van der Waals surface area contributed by atoms with Crippen LogP contribution in [0.3, 0.4) is 0 Å². The van der Waals surface area contributed by atoms with Crippen LogP contribution in [0.4, 0.5) is 5.69 Å². The lowest BCUT2D eigenvalue weighted by Crippen LogP contribution is -2.45. The number of anilines is 1. The lowest BCUT2D eigenvalue weighted by molar-refractivity contribution is 0.0126. The Morgan fingerprint density at radius 1 is 1.45 bits per heavy atom. The zero-order chi connectivity index (χ0) is 14.8. The Morgan fingerprint density at radius 3 is 2.70 bits per heavy atom. The Morgan fingerprint density at radius 2 is 2.10 bits per heavy atom. The van der Waals surface area contributed by atoms with Crippen LogP contribution in [0.25, 0.3) is 0 Å². The van der Waals surface area contributed by atoms with Crippen LogP contribution in [0, 0.1) is 0 Å². The molecule has 0 aliphatic carbocycles. The van der Waals surface area contributed by atoms with E-state index in [1.807, 2.05) is 6.92 Å². The van der Waals surface area contributed by atoms with Crippen LogP contribution in [0.5, 0.6) is 0 Å². The molecule has 0 amide bonds. The van der Waals surface area contributed by atoms with Gasteiger partial charge in [-0.15, -0.1) is 0 Å². The van der Waals surface area contributed by atoms with E-state index in [9.17, 15) is 13.5 Å². The molecule has 1 aliphatic rings. The van der Waals surface area contributed by atoms with Gasteiger partial charge in [0.25, 0.3) is 0 Å². The second-order valence-corrected chi connectivity index (χ2v) is 7.21. The molecule has 0 bridgehead atoms. The summed E-state index contributed by atoms with van der Waals surface area (Å²) in [6.07, 6.45) is 3.84. The molecule has 1 aromatic rings. The molecule has 1 aromatic heterocycles. The quantitative estimate of drug-likeness (QED) is 0.868. The fourth-order valence-corrected chi connectivity index (χ4v) is 3.82. The molecule has 2 N–H and O–H groups in total.